The van der Waals surface area contributed by atoms with Crippen LogP contribution in [0.4, 0.5) is 0 Å². The Bertz CT molecular complexity index is 542. The molecule has 6 heteroatoms. The van der Waals surface area contributed by atoms with Crippen LogP contribution in [0.1, 0.15) is 25.3 Å². The fourth-order valence-corrected chi connectivity index (χ4v) is 4.05. The van der Waals surface area contributed by atoms with Gasteiger partial charge in [0.1, 0.15) is 0 Å². The van der Waals surface area contributed by atoms with E-state index in [9.17, 15) is 8.42 Å². The first-order valence-corrected chi connectivity index (χ1v) is 10.1. The van der Waals surface area contributed by atoms with Crippen LogP contribution in [0.5, 0.6) is 0 Å². The van der Waals surface area contributed by atoms with Crippen molar-refractivity contribution in [1.82, 2.24) is 9.62 Å². The monoisotopic (exact) mass is 340 g/mol. The number of sulfonamides is 1. The van der Waals surface area contributed by atoms with Gasteiger partial charge in [0.15, 0.2) is 0 Å². The molecule has 1 aromatic carbocycles. The van der Waals surface area contributed by atoms with E-state index in [1.807, 2.05) is 25.1 Å². The van der Waals surface area contributed by atoms with Crippen LogP contribution in [0.2, 0.25) is 0 Å². The van der Waals surface area contributed by atoms with E-state index in [1.54, 1.807) is 0 Å². The molecule has 1 fully saturated rings. The van der Waals surface area contributed by atoms with Crippen molar-refractivity contribution in [2.45, 2.75) is 32.2 Å². The van der Waals surface area contributed by atoms with E-state index in [4.69, 9.17) is 4.74 Å². The Kier molecular flexibility index (Phi) is 7.49. The molecular weight excluding hydrogens is 312 g/mol. The number of benzene rings is 1. The van der Waals surface area contributed by atoms with Gasteiger partial charge in [-0.3, -0.25) is 4.90 Å². The molecule has 0 amide bonds. The molecule has 5 nitrogen and oxygen atoms in total. The van der Waals surface area contributed by atoms with Gasteiger partial charge in [-0.25, -0.2) is 13.1 Å². The molecular formula is C17H28N2O3S. The van der Waals surface area contributed by atoms with Crippen molar-refractivity contribution in [3.63, 3.8) is 0 Å². The smallest absolute Gasteiger partial charge is 0.211 e. The van der Waals surface area contributed by atoms with Crippen LogP contribution in [-0.4, -0.2) is 58.0 Å². The molecule has 0 spiro atoms. The highest BCUT2D eigenvalue weighted by Crippen LogP contribution is 2.11. The Hall–Kier alpha value is -0.950. The maximum Gasteiger partial charge on any atom is 0.211 e. The normalized spacial score (nSPS) is 18.0. The van der Waals surface area contributed by atoms with Crippen molar-refractivity contribution in [1.29, 1.82) is 0 Å². The largest absolute Gasteiger partial charge is 0.379 e. The van der Waals surface area contributed by atoms with Crippen molar-refractivity contribution < 1.29 is 13.2 Å². The first kappa shape index (κ1) is 18.4. The summed E-state index contributed by atoms with van der Waals surface area (Å²) in [5, 5.41) is 0. The van der Waals surface area contributed by atoms with E-state index in [0.29, 0.717) is 26.2 Å². The van der Waals surface area contributed by atoms with Crippen LogP contribution in [0.15, 0.2) is 30.3 Å². The van der Waals surface area contributed by atoms with Gasteiger partial charge in [0.2, 0.25) is 10.0 Å². The zero-order chi connectivity index (χ0) is 16.5. The van der Waals surface area contributed by atoms with Gasteiger partial charge >= 0.3 is 0 Å². The number of hydrogen-bond acceptors (Lipinski definition) is 4. The Labute approximate surface area is 140 Å². The molecule has 0 aliphatic carbocycles. The van der Waals surface area contributed by atoms with Gasteiger partial charge in [0, 0.05) is 25.7 Å². The van der Waals surface area contributed by atoms with E-state index in [2.05, 4.69) is 21.8 Å². The molecule has 1 aliphatic heterocycles. The molecule has 23 heavy (non-hydrogen) atoms. The summed E-state index contributed by atoms with van der Waals surface area (Å²) in [5.74, 6) is 0.213. The summed E-state index contributed by atoms with van der Waals surface area (Å²) in [6.45, 7) is 5.60. The molecule has 1 atom stereocenters. The Balaban J connectivity index is 1.98. The van der Waals surface area contributed by atoms with Crippen LogP contribution in [0, 0.1) is 0 Å². The number of rotatable bonds is 9. The van der Waals surface area contributed by atoms with Crippen molar-refractivity contribution in [2.75, 3.05) is 38.6 Å². The lowest BCUT2D eigenvalue weighted by Gasteiger charge is -2.34. The maximum atomic E-state index is 12.1. The molecule has 0 saturated carbocycles. The van der Waals surface area contributed by atoms with Gasteiger partial charge in [-0.1, -0.05) is 43.7 Å². The lowest BCUT2D eigenvalue weighted by Crippen LogP contribution is -2.50. The third-order valence-corrected chi connectivity index (χ3v) is 5.61. The molecule has 1 N–H and O–H groups in total. The summed E-state index contributed by atoms with van der Waals surface area (Å²) < 4.78 is 32.4. The highest BCUT2D eigenvalue weighted by Gasteiger charge is 2.23. The highest BCUT2D eigenvalue weighted by molar-refractivity contribution is 7.89. The molecule has 1 saturated heterocycles. The van der Waals surface area contributed by atoms with Crippen molar-refractivity contribution >= 4 is 10.0 Å². The Morgan fingerprint density at radius 2 is 1.91 bits per heavy atom. The minimum absolute atomic E-state index is 0.165. The Morgan fingerprint density at radius 1 is 1.22 bits per heavy atom. The molecule has 1 unspecified atom stereocenters. The van der Waals surface area contributed by atoms with E-state index < -0.39 is 10.0 Å². The fraction of sp³-hybridized carbons (Fsp3) is 0.647. The van der Waals surface area contributed by atoms with Crippen molar-refractivity contribution in [3.8, 4) is 0 Å². The standard InChI is InChI=1S/C17H28N2O3S/c1-2-3-13-23(20,21)18-15-17(19-9-11-22-12-10-19)14-16-7-5-4-6-8-16/h4-8,17-18H,2-3,9-15H2,1H3. The number of unbranched alkanes of at least 4 members (excludes halogenated alkanes) is 1. The van der Waals surface area contributed by atoms with E-state index >= 15 is 0 Å². The molecule has 1 aromatic rings. The predicted octanol–water partition coefficient (Wildman–Crippen LogP) is 1.65. The second-order valence-electron chi connectivity index (χ2n) is 6.01. The molecule has 0 radical (unpaired) electrons. The van der Waals surface area contributed by atoms with E-state index in [-0.39, 0.29) is 11.8 Å². The molecule has 0 aromatic heterocycles. The van der Waals surface area contributed by atoms with E-state index in [0.717, 1.165) is 25.9 Å². The minimum Gasteiger partial charge on any atom is -0.379 e. The number of nitrogens with one attached hydrogen (secondary N) is 1. The van der Waals surface area contributed by atoms with Crippen LogP contribution < -0.4 is 4.72 Å². The third-order valence-electron chi connectivity index (χ3n) is 4.18. The summed E-state index contributed by atoms with van der Waals surface area (Å²) in [5.41, 5.74) is 1.23. The number of morpholine rings is 1. The molecule has 1 heterocycles. The third kappa shape index (κ3) is 6.59. The van der Waals surface area contributed by atoms with Crippen LogP contribution in [0.25, 0.3) is 0 Å². The van der Waals surface area contributed by atoms with Gasteiger partial charge in [0.25, 0.3) is 0 Å². The molecule has 1 aliphatic rings. The number of hydrogen-bond donors (Lipinski definition) is 1. The minimum atomic E-state index is -3.18. The van der Waals surface area contributed by atoms with Gasteiger partial charge in [-0.15, -0.1) is 0 Å². The summed E-state index contributed by atoms with van der Waals surface area (Å²) in [7, 11) is -3.18. The van der Waals surface area contributed by atoms with Crippen molar-refractivity contribution in [2.24, 2.45) is 0 Å². The number of nitrogens with zero attached hydrogens (tertiary/aromatic N) is 1. The van der Waals surface area contributed by atoms with Crippen LogP contribution >= 0.6 is 0 Å². The molecule has 130 valence electrons. The van der Waals surface area contributed by atoms with Gasteiger partial charge in [-0.2, -0.15) is 0 Å². The summed E-state index contributed by atoms with van der Waals surface area (Å²) in [4.78, 5) is 2.33. The van der Waals surface area contributed by atoms with Crippen LogP contribution in [0.3, 0.4) is 0 Å². The zero-order valence-corrected chi connectivity index (χ0v) is 14.7. The van der Waals surface area contributed by atoms with Gasteiger partial charge in [-0.05, 0) is 18.4 Å². The summed E-state index contributed by atoms with van der Waals surface area (Å²) >= 11 is 0. The van der Waals surface area contributed by atoms with Crippen molar-refractivity contribution in [3.05, 3.63) is 35.9 Å². The lowest BCUT2D eigenvalue weighted by atomic mass is 10.0. The Morgan fingerprint density at radius 3 is 2.57 bits per heavy atom. The highest BCUT2D eigenvalue weighted by atomic mass is 32.2. The first-order chi connectivity index (χ1) is 11.1. The first-order valence-electron chi connectivity index (χ1n) is 8.44. The number of ether oxygens (including phenoxy) is 1. The molecule has 2 rings (SSSR count). The van der Waals surface area contributed by atoms with Crippen LogP contribution in [-0.2, 0) is 21.2 Å². The second kappa shape index (κ2) is 9.37. The summed E-state index contributed by atoms with van der Waals surface area (Å²) in [6.07, 6.45) is 2.44. The molecule has 0 bridgehead atoms. The lowest BCUT2D eigenvalue weighted by molar-refractivity contribution is 0.0177. The zero-order valence-electron chi connectivity index (χ0n) is 13.9. The van der Waals surface area contributed by atoms with Gasteiger partial charge in [0.05, 0.1) is 19.0 Å². The topological polar surface area (TPSA) is 58.6 Å². The maximum absolute atomic E-state index is 12.1. The summed E-state index contributed by atoms with van der Waals surface area (Å²) in [6, 6.07) is 10.4. The second-order valence-corrected chi connectivity index (χ2v) is 7.94. The fourth-order valence-electron chi connectivity index (χ4n) is 2.79. The van der Waals surface area contributed by atoms with Gasteiger partial charge < -0.3 is 4.74 Å². The average Bonchev–Trinajstić information content (AvgIpc) is 2.58. The SMILES string of the molecule is CCCCS(=O)(=O)NCC(Cc1ccccc1)N1CCOCC1. The van der Waals surface area contributed by atoms with E-state index in [1.165, 1.54) is 5.56 Å². The quantitative estimate of drug-likeness (QED) is 0.743. The predicted molar refractivity (Wildman–Crippen MR) is 93.0 cm³/mol. The average molecular weight is 340 g/mol.